The molecular weight excluding hydrogens is 453 g/mol. The van der Waals surface area contributed by atoms with E-state index in [1.54, 1.807) is 30.6 Å². The van der Waals surface area contributed by atoms with Crippen molar-refractivity contribution in [2.24, 2.45) is 0 Å². The lowest BCUT2D eigenvalue weighted by Crippen LogP contribution is -2.15. The van der Waals surface area contributed by atoms with Gasteiger partial charge in [0, 0.05) is 28.7 Å². The fourth-order valence-electron chi connectivity index (χ4n) is 2.88. The number of carbonyl (C=O) groups is 1. The second-order valence-corrected chi connectivity index (χ2v) is 8.47. The van der Waals surface area contributed by atoms with Crippen molar-refractivity contribution in [1.29, 1.82) is 0 Å². The number of hydrogen-bond donors (Lipinski definition) is 1. The molecule has 6 nitrogen and oxygen atoms in total. The number of rotatable bonds is 6. The molecule has 0 bridgehead atoms. The molecule has 1 amide bonds. The fourth-order valence-corrected chi connectivity index (χ4v) is 3.97. The van der Waals surface area contributed by atoms with Crippen LogP contribution >= 0.6 is 35.0 Å². The number of carbonyl (C=O) groups excluding carboxylic acids is 1. The van der Waals surface area contributed by atoms with Crippen molar-refractivity contribution in [3.63, 3.8) is 0 Å². The third-order valence-electron chi connectivity index (χ3n) is 4.38. The number of nitrogens with one attached hydrogen (secondary N) is 1. The highest BCUT2D eigenvalue weighted by atomic mass is 35.5. The lowest BCUT2D eigenvalue weighted by molar-refractivity contribution is -0.113. The van der Waals surface area contributed by atoms with E-state index in [9.17, 15) is 4.79 Å². The molecule has 2 heterocycles. The molecule has 0 fully saturated rings. The van der Waals surface area contributed by atoms with Gasteiger partial charge in [-0.1, -0.05) is 52.7 Å². The molecule has 0 aliphatic rings. The summed E-state index contributed by atoms with van der Waals surface area (Å²) in [5.74, 6) is 0.549. The van der Waals surface area contributed by atoms with Crippen LogP contribution in [0.5, 0.6) is 0 Å². The summed E-state index contributed by atoms with van der Waals surface area (Å²) >= 11 is 13.4. The van der Waals surface area contributed by atoms with Gasteiger partial charge in [-0.25, -0.2) is 0 Å². The van der Waals surface area contributed by atoms with Crippen molar-refractivity contribution in [3.05, 3.63) is 82.6 Å². The van der Waals surface area contributed by atoms with Crippen LogP contribution in [-0.2, 0) is 4.79 Å². The van der Waals surface area contributed by atoms with E-state index in [1.165, 1.54) is 11.8 Å². The number of anilines is 1. The van der Waals surface area contributed by atoms with E-state index in [-0.39, 0.29) is 11.7 Å². The van der Waals surface area contributed by atoms with Crippen LogP contribution in [0.4, 0.5) is 5.69 Å². The summed E-state index contributed by atoms with van der Waals surface area (Å²) in [6.45, 7) is 2.03. The minimum absolute atomic E-state index is 0.125. The maximum Gasteiger partial charge on any atom is 0.234 e. The Balaban J connectivity index is 1.59. The molecule has 4 rings (SSSR count). The van der Waals surface area contributed by atoms with Crippen LogP contribution in [0.15, 0.2) is 72.1 Å². The number of amides is 1. The average molecular weight is 470 g/mol. The molecular formula is C22H17Cl2N5OS. The number of halogens is 2. The van der Waals surface area contributed by atoms with Gasteiger partial charge in [-0.15, -0.1) is 10.2 Å². The standard InChI is InChI=1S/C22H17Cl2N5OS/c1-14-4-7-17(8-5-14)29-21(15-3-2-10-25-12-15)27-28-22(29)31-13-20(30)26-19-11-16(23)6-9-18(19)24/h2-12H,13H2,1H3,(H,26,30). The number of aryl methyl sites for hydroxylation is 1. The van der Waals surface area contributed by atoms with Crippen molar-refractivity contribution in [3.8, 4) is 17.1 Å². The highest BCUT2D eigenvalue weighted by Crippen LogP contribution is 2.29. The number of aromatic nitrogens is 4. The third-order valence-corrected chi connectivity index (χ3v) is 5.87. The maximum atomic E-state index is 12.5. The van der Waals surface area contributed by atoms with Crippen LogP contribution in [0, 0.1) is 6.92 Å². The minimum Gasteiger partial charge on any atom is -0.324 e. The van der Waals surface area contributed by atoms with Crippen molar-refractivity contribution in [2.45, 2.75) is 12.1 Å². The predicted octanol–water partition coefficient (Wildman–Crippen LogP) is 5.68. The topological polar surface area (TPSA) is 72.7 Å². The smallest absolute Gasteiger partial charge is 0.234 e. The van der Waals surface area contributed by atoms with E-state index in [0.717, 1.165) is 16.8 Å². The van der Waals surface area contributed by atoms with Crippen LogP contribution in [0.1, 0.15) is 5.56 Å². The first-order chi connectivity index (χ1) is 15.0. The summed E-state index contributed by atoms with van der Waals surface area (Å²) in [5.41, 5.74) is 3.34. The Morgan fingerprint density at radius 1 is 1.10 bits per heavy atom. The molecule has 0 aliphatic carbocycles. The summed E-state index contributed by atoms with van der Waals surface area (Å²) in [5, 5.41) is 13.0. The molecule has 0 spiro atoms. The third kappa shape index (κ3) is 5.07. The van der Waals surface area contributed by atoms with Gasteiger partial charge in [0.15, 0.2) is 11.0 Å². The number of benzene rings is 2. The predicted molar refractivity (Wildman–Crippen MR) is 125 cm³/mol. The molecule has 2 aromatic heterocycles. The van der Waals surface area contributed by atoms with Gasteiger partial charge in [-0.05, 0) is 49.4 Å². The molecule has 0 saturated heterocycles. The van der Waals surface area contributed by atoms with Gasteiger partial charge in [-0.3, -0.25) is 14.3 Å². The molecule has 0 radical (unpaired) electrons. The van der Waals surface area contributed by atoms with Gasteiger partial charge in [0.2, 0.25) is 5.91 Å². The summed E-state index contributed by atoms with van der Waals surface area (Å²) in [6, 6.07) is 16.7. The van der Waals surface area contributed by atoms with Gasteiger partial charge < -0.3 is 5.32 Å². The zero-order chi connectivity index (χ0) is 21.8. The summed E-state index contributed by atoms with van der Waals surface area (Å²) in [7, 11) is 0. The first-order valence-corrected chi connectivity index (χ1v) is 11.1. The van der Waals surface area contributed by atoms with E-state index in [2.05, 4.69) is 20.5 Å². The SMILES string of the molecule is Cc1ccc(-n2c(SCC(=O)Nc3cc(Cl)ccc3Cl)nnc2-c2cccnc2)cc1. The van der Waals surface area contributed by atoms with E-state index in [1.807, 2.05) is 47.9 Å². The summed E-state index contributed by atoms with van der Waals surface area (Å²) < 4.78 is 1.92. The van der Waals surface area contributed by atoms with Crippen LogP contribution in [0.25, 0.3) is 17.1 Å². The number of thioether (sulfide) groups is 1. The quantitative estimate of drug-likeness (QED) is 0.368. The largest absolute Gasteiger partial charge is 0.324 e. The monoisotopic (exact) mass is 469 g/mol. The zero-order valence-corrected chi connectivity index (χ0v) is 18.7. The van der Waals surface area contributed by atoms with Crippen LogP contribution in [0.2, 0.25) is 10.0 Å². The maximum absolute atomic E-state index is 12.5. The van der Waals surface area contributed by atoms with E-state index in [4.69, 9.17) is 23.2 Å². The lowest BCUT2D eigenvalue weighted by atomic mass is 10.2. The molecule has 1 N–H and O–H groups in total. The molecule has 0 aliphatic heterocycles. The molecule has 31 heavy (non-hydrogen) atoms. The first kappa shape index (κ1) is 21.4. The lowest BCUT2D eigenvalue weighted by Gasteiger charge is -2.11. The highest BCUT2D eigenvalue weighted by molar-refractivity contribution is 7.99. The minimum atomic E-state index is -0.226. The Morgan fingerprint density at radius 3 is 2.65 bits per heavy atom. The second-order valence-electron chi connectivity index (χ2n) is 6.68. The van der Waals surface area contributed by atoms with Gasteiger partial charge in [-0.2, -0.15) is 0 Å². The molecule has 156 valence electrons. The summed E-state index contributed by atoms with van der Waals surface area (Å²) in [4.78, 5) is 16.7. The summed E-state index contributed by atoms with van der Waals surface area (Å²) in [6.07, 6.45) is 3.44. The van der Waals surface area contributed by atoms with E-state index in [0.29, 0.717) is 26.7 Å². The van der Waals surface area contributed by atoms with E-state index < -0.39 is 0 Å². The van der Waals surface area contributed by atoms with Crippen molar-refractivity contribution < 1.29 is 4.79 Å². The second kappa shape index (κ2) is 9.51. The van der Waals surface area contributed by atoms with Crippen LogP contribution in [-0.4, -0.2) is 31.4 Å². The van der Waals surface area contributed by atoms with Crippen LogP contribution < -0.4 is 5.32 Å². The Kier molecular flexibility index (Phi) is 6.56. The number of pyridine rings is 1. The fraction of sp³-hybridized carbons (Fsp3) is 0.0909. The first-order valence-electron chi connectivity index (χ1n) is 9.32. The zero-order valence-electron chi connectivity index (χ0n) is 16.4. The van der Waals surface area contributed by atoms with Crippen LogP contribution in [0.3, 0.4) is 0 Å². The van der Waals surface area contributed by atoms with Gasteiger partial charge >= 0.3 is 0 Å². The Morgan fingerprint density at radius 2 is 1.90 bits per heavy atom. The molecule has 0 atom stereocenters. The Labute approximate surface area is 193 Å². The molecule has 2 aromatic carbocycles. The van der Waals surface area contributed by atoms with Gasteiger partial charge in [0.25, 0.3) is 0 Å². The van der Waals surface area contributed by atoms with Crippen molar-refractivity contribution in [1.82, 2.24) is 19.7 Å². The Hall–Kier alpha value is -2.87. The normalized spacial score (nSPS) is 10.8. The highest BCUT2D eigenvalue weighted by Gasteiger charge is 2.18. The molecule has 4 aromatic rings. The van der Waals surface area contributed by atoms with Crippen molar-refractivity contribution >= 4 is 46.6 Å². The molecule has 9 heteroatoms. The number of hydrogen-bond acceptors (Lipinski definition) is 5. The van der Waals surface area contributed by atoms with Crippen molar-refractivity contribution in [2.75, 3.05) is 11.1 Å². The van der Waals surface area contributed by atoms with Gasteiger partial charge in [0.1, 0.15) is 0 Å². The van der Waals surface area contributed by atoms with Gasteiger partial charge in [0.05, 0.1) is 16.5 Å². The molecule has 0 saturated carbocycles. The average Bonchev–Trinajstić information content (AvgIpc) is 3.20. The van der Waals surface area contributed by atoms with E-state index >= 15 is 0 Å². The number of nitrogens with zero attached hydrogens (tertiary/aromatic N) is 4. The molecule has 0 unspecified atom stereocenters. The Bertz CT molecular complexity index is 1210.